The molecule has 1 aliphatic rings. The van der Waals surface area contributed by atoms with Crippen LogP contribution in [-0.2, 0) is 16.0 Å². The first-order chi connectivity index (χ1) is 14.6. The highest BCUT2D eigenvalue weighted by Gasteiger charge is 2.28. The minimum Gasteiger partial charge on any atom is -0.427 e. The number of carbonyl (C=O) groups is 1. The van der Waals surface area contributed by atoms with Gasteiger partial charge >= 0.3 is 6.16 Å². The maximum Gasteiger partial charge on any atom is 0.528 e. The third-order valence-electron chi connectivity index (χ3n) is 5.27. The van der Waals surface area contributed by atoms with Crippen molar-refractivity contribution in [3.05, 3.63) is 29.9 Å². The van der Waals surface area contributed by atoms with Crippen LogP contribution in [0.4, 0.5) is 9.18 Å². The molecular formula is C22H30FN3O4S. The molecule has 0 aliphatic carbocycles. The first-order valence-corrected chi connectivity index (χ1v) is 11.7. The van der Waals surface area contributed by atoms with Crippen molar-refractivity contribution in [2.45, 2.75) is 57.5 Å². The summed E-state index contributed by atoms with van der Waals surface area (Å²) in [6.07, 6.45) is 3.61. The number of hydroxylamine groups is 2. The van der Waals surface area contributed by atoms with Crippen LogP contribution < -0.4 is 0 Å². The molecule has 1 unspecified atom stereocenters. The lowest BCUT2D eigenvalue weighted by Gasteiger charge is -2.33. The molecule has 170 valence electrons. The normalized spacial score (nSPS) is 16.8. The molecule has 1 saturated heterocycles. The Morgan fingerprint density at radius 1 is 1.35 bits per heavy atom. The highest BCUT2D eigenvalue weighted by molar-refractivity contribution is 7.98. The van der Waals surface area contributed by atoms with Gasteiger partial charge in [-0.25, -0.2) is 9.18 Å². The Morgan fingerprint density at radius 3 is 2.68 bits per heavy atom. The van der Waals surface area contributed by atoms with Crippen LogP contribution in [0.3, 0.4) is 0 Å². The number of benzene rings is 1. The van der Waals surface area contributed by atoms with Crippen LogP contribution in [0.1, 0.15) is 46.4 Å². The Bertz CT molecular complexity index is 891. The third kappa shape index (κ3) is 6.67. The number of hydrogen-bond acceptors (Lipinski definition) is 8. The van der Waals surface area contributed by atoms with Crippen molar-refractivity contribution in [2.75, 3.05) is 19.3 Å². The van der Waals surface area contributed by atoms with Crippen LogP contribution in [0.25, 0.3) is 11.4 Å². The largest absolute Gasteiger partial charge is 0.528 e. The smallest absolute Gasteiger partial charge is 0.427 e. The molecule has 1 aliphatic heterocycles. The fraction of sp³-hybridized carbons (Fsp3) is 0.591. The van der Waals surface area contributed by atoms with Gasteiger partial charge in [0.15, 0.2) is 0 Å². The quantitative estimate of drug-likeness (QED) is 0.429. The van der Waals surface area contributed by atoms with E-state index in [1.807, 2.05) is 6.26 Å². The van der Waals surface area contributed by atoms with E-state index >= 15 is 0 Å². The Labute approximate surface area is 186 Å². The van der Waals surface area contributed by atoms with E-state index in [-0.39, 0.29) is 5.82 Å². The van der Waals surface area contributed by atoms with E-state index < -0.39 is 11.8 Å². The summed E-state index contributed by atoms with van der Waals surface area (Å²) in [5.74, 6) is 1.43. The molecule has 1 aromatic carbocycles. The molecule has 1 fully saturated rings. The Balaban J connectivity index is 1.50. The molecule has 7 nitrogen and oxygen atoms in total. The number of piperidine rings is 1. The fourth-order valence-corrected chi connectivity index (χ4v) is 4.07. The number of hydrogen-bond donors (Lipinski definition) is 0. The van der Waals surface area contributed by atoms with Crippen LogP contribution in [0.15, 0.2) is 27.6 Å². The molecule has 0 amide bonds. The number of rotatable bonds is 6. The molecular weight excluding hydrogens is 421 g/mol. The van der Waals surface area contributed by atoms with Crippen molar-refractivity contribution in [3.63, 3.8) is 0 Å². The van der Waals surface area contributed by atoms with Gasteiger partial charge in [-0.15, -0.1) is 16.8 Å². The van der Waals surface area contributed by atoms with Crippen LogP contribution in [0.5, 0.6) is 0 Å². The summed E-state index contributed by atoms with van der Waals surface area (Å²) in [5, 5.41) is 5.68. The predicted octanol–water partition coefficient (Wildman–Crippen LogP) is 5.35. The summed E-state index contributed by atoms with van der Waals surface area (Å²) >= 11 is 1.36. The summed E-state index contributed by atoms with van der Waals surface area (Å²) < 4.78 is 24.6. The van der Waals surface area contributed by atoms with Crippen LogP contribution in [0.2, 0.25) is 0 Å². The van der Waals surface area contributed by atoms with Gasteiger partial charge in [0.1, 0.15) is 11.4 Å². The summed E-state index contributed by atoms with van der Waals surface area (Å²) in [6, 6.07) is 4.96. The number of carbonyl (C=O) groups excluding carboxylic acids is 1. The average Bonchev–Trinajstić information content (AvgIpc) is 3.15. The van der Waals surface area contributed by atoms with Crippen LogP contribution >= 0.6 is 11.8 Å². The Kier molecular flexibility index (Phi) is 7.59. The molecule has 31 heavy (non-hydrogen) atoms. The molecule has 1 aromatic heterocycles. The molecule has 0 saturated carbocycles. The van der Waals surface area contributed by atoms with E-state index in [0.717, 1.165) is 12.8 Å². The van der Waals surface area contributed by atoms with E-state index in [4.69, 9.17) is 14.1 Å². The zero-order chi connectivity index (χ0) is 22.6. The van der Waals surface area contributed by atoms with E-state index in [1.54, 1.807) is 38.0 Å². The van der Waals surface area contributed by atoms with Crippen molar-refractivity contribution in [3.8, 4) is 11.4 Å². The number of halogens is 1. The summed E-state index contributed by atoms with van der Waals surface area (Å²) in [5.41, 5.74) is 0.0286. The molecule has 2 heterocycles. The Hall–Kier alpha value is -2.13. The topological polar surface area (TPSA) is 77.7 Å². The highest BCUT2D eigenvalue weighted by atomic mass is 32.2. The SMILES string of the molecule is CSc1ccc(-c2noc(CC(C)C3CCN(OC(=O)OC(C)(C)C)CC3)n2)cc1F. The van der Waals surface area contributed by atoms with Crippen molar-refractivity contribution in [1.82, 2.24) is 15.2 Å². The van der Waals surface area contributed by atoms with Crippen molar-refractivity contribution >= 4 is 17.9 Å². The third-order valence-corrected chi connectivity index (χ3v) is 6.04. The lowest BCUT2D eigenvalue weighted by atomic mass is 9.84. The molecule has 0 spiro atoms. The summed E-state index contributed by atoms with van der Waals surface area (Å²) in [7, 11) is 0. The first kappa shape index (κ1) is 23.5. The van der Waals surface area contributed by atoms with Gasteiger partial charge in [0.25, 0.3) is 0 Å². The van der Waals surface area contributed by atoms with Gasteiger partial charge in [-0.2, -0.15) is 4.98 Å². The molecule has 3 rings (SSSR count). The average molecular weight is 452 g/mol. The van der Waals surface area contributed by atoms with E-state index in [0.29, 0.717) is 53.5 Å². The molecule has 0 radical (unpaired) electrons. The maximum atomic E-state index is 14.0. The van der Waals surface area contributed by atoms with Gasteiger partial charge in [0, 0.05) is 30.0 Å². The molecule has 1 atom stereocenters. The first-order valence-electron chi connectivity index (χ1n) is 10.5. The number of nitrogens with zero attached hydrogens (tertiary/aromatic N) is 3. The molecule has 2 aromatic rings. The van der Waals surface area contributed by atoms with E-state index in [9.17, 15) is 9.18 Å². The second-order valence-electron chi connectivity index (χ2n) is 8.86. The van der Waals surface area contributed by atoms with Gasteiger partial charge in [-0.3, -0.25) is 0 Å². The zero-order valence-corrected chi connectivity index (χ0v) is 19.5. The minimum atomic E-state index is -0.667. The molecule has 0 N–H and O–H groups in total. The van der Waals surface area contributed by atoms with E-state index in [2.05, 4.69) is 17.1 Å². The van der Waals surface area contributed by atoms with Gasteiger partial charge in [-0.05, 0) is 69.9 Å². The predicted molar refractivity (Wildman–Crippen MR) is 116 cm³/mol. The van der Waals surface area contributed by atoms with Gasteiger partial charge in [0.05, 0.1) is 0 Å². The monoisotopic (exact) mass is 451 g/mol. The number of thioether (sulfide) groups is 1. The molecule has 0 bridgehead atoms. The second-order valence-corrected chi connectivity index (χ2v) is 9.71. The van der Waals surface area contributed by atoms with Crippen molar-refractivity contribution in [2.24, 2.45) is 11.8 Å². The lowest BCUT2D eigenvalue weighted by Crippen LogP contribution is -2.39. The fourth-order valence-electron chi connectivity index (χ4n) is 3.61. The summed E-state index contributed by atoms with van der Waals surface area (Å²) in [6.45, 7) is 8.89. The van der Waals surface area contributed by atoms with Crippen molar-refractivity contribution < 1.29 is 23.3 Å². The highest BCUT2D eigenvalue weighted by Crippen LogP contribution is 2.29. The minimum absolute atomic E-state index is 0.287. The number of ether oxygens (including phenoxy) is 1. The lowest BCUT2D eigenvalue weighted by molar-refractivity contribution is -0.157. The summed E-state index contributed by atoms with van der Waals surface area (Å²) in [4.78, 5) is 22.2. The van der Waals surface area contributed by atoms with Crippen LogP contribution in [-0.4, -0.2) is 46.3 Å². The van der Waals surface area contributed by atoms with Crippen LogP contribution in [0, 0.1) is 17.7 Å². The van der Waals surface area contributed by atoms with Gasteiger partial charge in [-0.1, -0.05) is 12.1 Å². The zero-order valence-electron chi connectivity index (χ0n) is 18.7. The van der Waals surface area contributed by atoms with Gasteiger partial charge in [0.2, 0.25) is 11.7 Å². The van der Waals surface area contributed by atoms with Gasteiger partial charge < -0.3 is 14.1 Å². The standard InChI is InChI=1S/C22H30FN3O4S/c1-14(15-8-10-26(11-9-15)30-21(27)28-22(2,3)4)12-19-24-20(25-29-19)16-6-7-18(31-5)17(23)13-16/h6-7,13-15H,8-12H2,1-5H3. The van der Waals surface area contributed by atoms with Crippen molar-refractivity contribution in [1.29, 1.82) is 0 Å². The van der Waals surface area contributed by atoms with E-state index in [1.165, 1.54) is 17.8 Å². The second kappa shape index (κ2) is 9.99. The molecule has 9 heteroatoms. The maximum absolute atomic E-state index is 14.0. The Morgan fingerprint density at radius 2 is 2.06 bits per heavy atom. The number of aromatic nitrogens is 2.